The van der Waals surface area contributed by atoms with Gasteiger partial charge < -0.3 is 5.32 Å². The highest BCUT2D eigenvalue weighted by Gasteiger charge is 2.35. The van der Waals surface area contributed by atoms with Crippen LogP contribution < -0.4 is 5.32 Å². The Morgan fingerprint density at radius 3 is 2.18 bits per heavy atom. The van der Waals surface area contributed by atoms with E-state index in [4.69, 9.17) is 0 Å². The van der Waals surface area contributed by atoms with Crippen molar-refractivity contribution in [1.82, 2.24) is 5.32 Å². The molecule has 1 N–H and O–H groups in total. The van der Waals surface area contributed by atoms with Gasteiger partial charge in [-0.25, -0.2) is 0 Å². The normalized spacial score (nSPS) is 22.1. The first kappa shape index (κ1) is 15.0. The molecule has 0 aromatic heterocycles. The molecule has 1 heteroatoms. The highest BCUT2D eigenvalue weighted by atomic mass is 14.8. The zero-order chi connectivity index (χ0) is 12.6. The molecule has 1 atom stereocenters. The predicted molar refractivity (Wildman–Crippen MR) is 77.4 cm³/mol. The molecule has 0 amide bonds. The largest absolute Gasteiger partial charge is 0.319 e. The van der Waals surface area contributed by atoms with Crippen molar-refractivity contribution in [3.05, 3.63) is 0 Å². The van der Waals surface area contributed by atoms with E-state index in [9.17, 15) is 0 Å². The molecule has 102 valence electrons. The molecule has 1 rings (SSSR count). The van der Waals surface area contributed by atoms with Crippen molar-refractivity contribution in [1.29, 1.82) is 0 Å². The molecule has 1 nitrogen and oxygen atoms in total. The van der Waals surface area contributed by atoms with E-state index in [-0.39, 0.29) is 0 Å². The molecule has 17 heavy (non-hydrogen) atoms. The van der Waals surface area contributed by atoms with Crippen molar-refractivity contribution in [3.8, 4) is 0 Å². The van der Waals surface area contributed by atoms with Crippen LogP contribution in [-0.4, -0.2) is 13.6 Å². The average molecular weight is 239 g/mol. The second-order valence-corrected chi connectivity index (χ2v) is 6.04. The van der Waals surface area contributed by atoms with Crippen molar-refractivity contribution in [2.75, 3.05) is 13.6 Å². The summed E-state index contributed by atoms with van der Waals surface area (Å²) in [5.41, 5.74) is 0.592. The molecule has 0 bridgehead atoms. The lowest BCUT2D eigenvalue weighted by Crippen LogP contribution is -2.39. The summed E-state index contributed by atoms with van der Waals surface area (Å²) in [4.78, 5) is 0. The maximum absolute atomic E-state index is 3.49. The first-order valence-corrected chi connectivity index (χ1v) is 7.93. The van der Waals surface area contributed by atoms with Gasteiger partial charge in [0, 0.05) is 6.54 Å². The molecule has 1 aliphatic carbocycles. The molecule has 0 radical (unpaired) electrons. The lowest BCUT2D eigenvalue weighted by Gasteiger charge is -2.40. The summed E-state index contributed by atoms with van der Waals surface area (Å²) in [6.07, 6.45) is 14.4. The van der Waals surface area contributed by atoms with E-state index in [1.54, 1.807) is 0 Å². The molecule has 1 aliphatic rings. The fourth-order valence-corrected chi connectivity index (χ4v) is 3.80. The maximum atomic E-state index is 3.49. The fraction of sp³-hybridized carbons (Fsp3) is 1.00. The number of hydrogen-bond acceptors (Lipinski definition) is 1. The van der Waals surface area contributed by atoms with E-state index in [0.717, 1.165) is 5.92 Å². The summed E-state index contributed by atoms with van der Waals surface area (Å²) in [7, 11) is 2.13. The molecule has 0 aromatic rings. The highest BCUT2D eigenvalue weighted by Crippen LogP contribution is 2.43. The molecular formula is C16H33N. The molecule has 0 aromatic carbocycles. The topological polar surface area (TPSA) is 12.0 Å². The van der Waals surface area contributed by atoms with Gasteiger partial charge in [-0.1, -0.05) is 52.4 Å². The molecule has 0 saturated heterocycles. The van der Waals surface area contributed by atoms with Crippen LogP contribution in [0.2, 0.25) is 0 Å². The van der Waals surface area contributed by atoms with E-state index < -0.39 is 0 Å². The Kier molecular flexibility index (Phi) is 7.18. The standard InChI is InChI=1S/C16H33N/c1-4-6-13-16(5-2,14-17-3)15-11-9-7-8-10-12-15/h15,17H,4-14H2,1-3H3. The second-order valence-electron chi connectivity index (χ2n) is 6.04. The van der Waals surface area contributed by atoms with Crippen LogP contribution in [0.5, 0.6) is 0 Å². The third-order valence-corrected chi connectivity index (χ3v) is 4.98. The molecular weight excluding hydrogens is 206 g/mol. The van der Waals surface area contributed by atoms with Crippen molar-refractivity contribution in [2.45, 2.75) is 78.1 Å². The Morgan fingerprint density at radius 2 is 1.71 bits per heavy atom. The minimum atomic E-state index is 0.592. The van der Waals surface area contributed by atoms with Gasteiger partial charge in [-0.3, -0.25) is 0 Å². The van der Waals surface area contributed by atoms with Gasteiger partial charge in [-0.15, -0.1) is 0 Å². The third kappa shape index (κ3) is 4.28. The van der Waals surface area contributed by atoms with Crippen LogP contribution in [0.25, 0.3) is 0 Å². The van der Waals surface area contributed by atoms with Crippen LogP contribution in [-0.2, 0) is 0 Å². The van der Waals surface area contributed by atoms with Gasteiger partial charge in [-0.2, -0.15) is 0 Å². The number of nitrogens with one attached hydrogen (secondary N) is 1. The van der Waals surface area contributed by atoms with E-state index in [1.165, 1.54) is 70.8 Å². The highest BCUT2D eigenvalue weighted by molar-refractivity contribution is 4.88. The summed E-state index contributed by atoms with van der Waals surface area (Å²) in [5.74, 6) is 0.981. The summed E-state index contributed by atoms with van der Waals surface area (Å²) >= 11 is 0. The molecule has 1 fully saturated rings. The van der Waals surface area contributed by atoms with Crippen molar-refractivity contribution in [3.63, 3.8) is 0 Å². The second kappa shape index (κ2) is 8.13. The van der Waals surface area contributed by atoms with Crippen LogP contribution >= 0.6 is 0 Å². The number of hydrogen-bond donors (Lipinski definition) is 1. The quantitative estimate of drug-likeness (QED) is 0.631. The molecule has 0 aliphatic heterocycles. The number of rotatable bonds is 7. The Morgan fingerprint density at radius 1 is 1.06 bits per heavy atom. The molecule has 1 unspecified atom stereocenters. The van der Waals surface area contributed by atoms with Crippen LogP contribution in [0, 0.1) is 11.3 Å². The van der Waals surface area contributed by atoms with E-state index >= 15 is 0 Å². The lowest BCUT2D eigenvalue weighted by molar-refractivity contribution is 0.115. The van der Waals surface area contributed by atoms with Crippen LogP contribution in [0.15, 0.2) is 0 Å². The van der Waals surface area contributed by atoms with Crippen LogP contribution in [0.4, 0.5) is 0 Å². The summed E-state index contributed by atoms with van der Waals surface area (Å²) in [6, 6.07) is 0. The van der Waals surface area contributed by atoms with Gasteiger partial charge in [0.05, 0.1) is 0 Å². The zero-order valence-electron chi connectivity index (χ0n) is 12.4. The smallest absolute Gasteiger partial charge is 0.000736 e. The predicted octanol–water partition coefficient (Wildman–Crippen LogP) is 4.76. The summed E-state index contributed by atoms with van der Waals surface area (Å²) in [5, 5.41) is 3.49. The van der Waals surface area contributed by atoms with Gasteiger partial charge >= 0.3 is 0 Å². The molecule has 0 spiro atoms. The van der Waals surface area contributed by atoms with Gasteiger partial charge in [0.1, 0.15) is 0 Å². The first-order chi connectivity index (χ1) is 8.29. The summed E-state index contributed by atoms with van der Waals surface area (Å²) < 4.78 is 0. The van der Waals surface area contributed by atoms with E-state index in [1.807, 2.05) is 0 Å². The Labute approximate surface area is 109 Å². The lowest BCUT2D eigenvalue weighted by atomic mass is 9.67. The minimum Gasteiger partial charge on any atom is -0.319 e. The van der Waals surface area contributed by atoms with E-state index in [2.05, 4.69) is 26.2 Å². The third-order valence-electron chi connectivity index (χ3n) is 4.98. The summed E-state index contributed by atoms with van der Waals surface area (Å²) in [6.45, 7) is 5.97. The van der Waals surface area contributed by atoms with Crippen molar-refractivity contribution < 1.29 is 0 Å². The number of unbranched alkanes of at least 4 members (excludes halogenated alkanes) is 1. The van der Waals surface area contributed by atoms with Gasteiger partial charge in [0.25, 0.3) is 0 Å². The monoisotopic (exact) mass is 239 g/mol. The molecule has 0 heterocycles. The molecule has 1 saturated carbocycles. The SMILES string of the molecule is CCCCC(CC)(CNC)C1CCCCCC1. The van der Waals surface area contributed by atoms with E-state index in [0.29, 0.717) is 5.41 Å². The zero-order valence-corrected chi connectivity index (χ0v) is 12.4. The van der Waals surface area contributed by atoms with Crippen molar-refractivity contribution in [2.24, 2.45) is 11.3 Å². The first-order valence-electron chi connectivity index (χ1n) is 7.93. The van der Waals surface area contributed by atoms with Gasteiger partial charge in [0.15, 0.2) is 0 Å². The van der Waals surface area contributed by atoms with Gasteiger partial charge in [0.2, 0.25) is 0 Å². The Hall–Kier alpha value is -0.0400. The fourth-order valence-electron chi connectivity index (χ4n) is 3.80. The van der Waals surface area contributed by atoms with Crippen LogP contribution in [0.3, 0.4) is 0 Å². The van der Waals surface area contributed by atoms with Gasteiger partial charge in [-0.05, 0) is 44.1 Å². The Bertz CT molecular complexity index is 182. The maximum Gasteiger partial charge on any atom is 0.000736 e. The van der Waals surface area contributed by atoms with Crippen LogP contribution in [0.1, 0.15) is 78.1 Å². The Balaban J connectivity index is 2.69. The van der Waals surface area contributed by atoms with Crippen molar-refractivity contribution >= 4 is 0 Å². The average Bonchev–Trinajstić information content (AvgIpc) is 2.64. The minimum absolute atomic E-state index is 0.592.